The first-order valence-corrected chi connectivity index (χ1v) is 8.93. The lowest BCUT2D eigenvalue weighted by atomic mass is 9.98. The van der Waals surface area contributed by atoms with Gasteiger partial charge in [-0.2, -0.15) is 0 Å². The number of methoxy groups -OCH3 is 1. The largest absolute Gasteiger partial charge is 0.501 e. The summed E-state index contributed by atoms with van der Waals surface area (Å²) in [6.07, 6.45) is 7.25. The topological polar surface area (TPSA) is 73.1 Å². The number of aromatic nitrogens is 2. The molecular weight excluding hydrogens is 312 g/mol. The summed E-state index contributed by atoms with van der Waals surface area (Å²) in [6, 6.07) is 7.83. The molecule has 2 aromatic rings. The molecule has 1 aliphatic carbocycles. The van der Waals surface area contributed by atoms with Crippen LogP contribution in [0.4, 0.5) is 11.6 Å². The maximum Gasteiger partial charge on any atom is 0.170 e. The third-order valence-corrected chi connectivity index (χ3v) is 3.90. The Kier molecular flexibility index (Phi) is 6.81. The standard InChI is InChI=1S/C18H22N4O.C2H6/c1-3-6-12-9-13(11-14(10-12)23-2)20-18-17(19)21-15-7-4-5-8-16(15)22-18;1-2/h4-5,7-10,13H,3,6,11H2,1-2H3,(H2,19,21)(H,20,22);1-2H3. The monoisotopic (exact) mass is 340 g/mol. The number of nitrogens with one attached hydrogen (secondary N) is 1. The summed E-state index contributed by atoms with van der Waals surface area (Å²) in [6.45, 7) is 6.17. The summed E-state index contributed by atoms with van der Waals surface area (Å²) in [5.41, 5.74) is 8.98. The number of nitrogens with zero attached hydrogens (tertiary/aromatic N) is 2. The van der Waals surface area contributed by atoms with E-state index in [-0.39, 0.29) is 6.04 Å². The zero-order valence-electron chi connectivity index (χ0n) is 15.5. The quantitative estimate of drug-likeness (QED) is 0.827. The Hall–Kier alpha value is -2.56. The zero-order valence-corrected chi connectivity index (χ0v) is 15.5. The first-order chi connectivity index (χ1) is 12.2. The molecule has 0 amide bonds. The van der Waals surface area contributed by atoms with E-state index in [1.807, 2.05) is 38.1 Å². The third-order valence-electron chi connectivity index (χ3n) is 3.90. The van der Waals surface area contributed by atoms with Crippen molar-refractivity contribution in [2.24, 2.45) is 0 Å². The normalized spacial score (nSPS) is 16.4. The molecule has 3 N–H and O–H groups in total. The molecule has 1 aromatic heterocycles. The van der Waals surface area contributed by atoms with E-state index < -0.39 is 0 Å². The van der Waals surface area contributed by atoms with Crippen LogP contribution < -0.4 is 11.1 Å². The van der Waals surface area contributed by atoms with Crippen LogP contribution in [0.5, 0.6) is 0 Å². The number of anilines is 2. The summed E-state index contributed by atoms with van der Waals surface area (Å²) in [5.74, 6) is 2.02. The predicted octanol–water partition coefficient (Wildman–Crippen LogP) is 4.68. The number of benzene rings is 1. The molecule has 5 heteroatoms. The van der Waals surface area contributed by atoms with Crippen molar-refractivity contribution in [3.8, 4) is 0 Å². The second-order valence-corrected chi connectivity index (χ2v) is 5.71. The number of hydrogen-bond acceptors (Lipinski definition) is 5. The summed E-state index contributed by atoms with van der Waals surface area (Å²) in [5, 5.41) is 3.40. The Labute approximate surface area is 150 Å². The maximum absolute atomic E-state index is 6.06. The molecule has 1 aromatic carbocycles. The van der Waals surface area contributed by atoms with Crippen LogP contribution in [-0.4, -0.2) is 23.1 Å². The highest BCUT2D eigenvalue weighted by Gasteiger charge is 2.17. The SMILES string of the molecule is CC.CCCC1=CC(Nc2nc3ccccc3nc2N)CC(OC)=C1. The van der Waals surface area contributed by atoms with Crippen molar-refractivity contribution < 1.29 is 4.74 Å². The Balaban J connectivity index is 0.00000109. The molecule has 1 unspecified atom stereocenters. The zero-order chi connectivity index (χ0) is 18.2. The number of ether oxygens (including phenoxy) is 1. The third kappa shape index (κ3) is 4.72. The van der Waals surface area contributed by atoms with Crippen molar-refractivity contribution in [1.29, 1.82) is 0 Å². The van der Waals surface area contributed by atoms with Crippen LogP contribution in [0.2, 0.25) is 0 Å². The summed E-state index contributed by atoms with van der Waals surface area (Å²) < 4.78 is 5.45. The molecule has 0 saturated carbocycles. The molecule has 0 fully saturated rings. The van der Waals surface area contributed by atoms with Gasteiger partial charge in [-0.15, -0.1) is 0 Å². The van der Waals surface area contributed by atoms with Gasteiger partial charge in [0.2, 0.25) is 0 Å². The van der Waals surface area contributed by atoms with Gasteiger partial charge in [0.15, 0.2) is 11.6 Å². The average Bonchev–Trinajstić information content (AvgIpc) is 2.64. The average molecular weight is 340 g/mol. The van der Waals surface area contributed by atoms with Crippen molar-refractivity contribution in [2.45, 2.75) is 46.1 Å². The number of fused-ring (bicyclic) bond motifs is 1. The fraction of sp³-hybridized carbons (Fsp3) is 0.400. The summed E-state index contributed by atoms with van der Waals surface area (Å²) in [7, 11) is 1.71. The van der Waals surface area contributed by atoms with E-state index >= 15 is 0 Å². The van der Waals surface area contributed by atoms with E-state index in [1.54, 1.807) is 7.11 Å². The summed E-state index contributed by atoms with van der Waals surface area (Å²) >= 11 is 0. The lowest BCUT2D eigenvalue weighted by Gasteiger charge is -2.23. The maximum atomic E-state index is 6.06. The minimum absolute atomic E-state index is 0.106. The molecule has 0 aliphatic heterocycles. The van der Waals surface area contributed by atoms with Gasteiger partial charge in [0.05, 0.1) is 29.9 Å². The molecule has 0 radical (unpaired) electrons. The minimum atomic E-state index is 0.106. The summed E-state index contributed by atoms with van der Waals surface area (Å²) in [4.78, 5) is 9.02. The van der Waals surface area contributed by atoms with E-state index in [9.17, 15) is 0 Å². The molecular formula is C20H28N4O. The smallest absolute Gasteiger partial charge is 0.170 e. The first-order valence-electron chi connectivity index (χ1n) is 8.93. The van der Waals surface area contributed by atoms with Gasteiger partial charge in [-0.25, -0.2) is 9.97 Å². The van der Waals surface area contributed by atoms with E-state index in [4.69, 9.17) is 10.5 Å². The van der Waals surface area contributed by atoms with Crippen LogP contribution in [0.15, 0.2) is 47.7 Å². The minimum Gasteiger partial charge on any atom is -0.501 e. The highest BCUT2D eigenvalue weighted by molar-refractivity contribution is 5.79. The van der Waals surface area contributed by atoms with Gasteiger partial charge in [0.1, 0.15) is 0 Å². The van der Waals surface area contributed by atoms with Gasteiger partial charge in [0.25, 0.3) is 0 Å². The molecule has 3 rings (SSSR count). The Morgan fingerprint density at radius 2 is 1.88 bits per heavy atom. The van der Waals surface area contributed by atoms with E-state index in [1.165, 1.54) is 5.57 Å². The molecule has 5 nitrogen and oxygen atoms in total. The lowest BCUT2D eigenvalue weighted by molar-refractivity contribution is 0.273. The first kappa shape index (κ1) is 18.8. The van der Waals surface area contributed by atoms with Gasteiger partial charge < -0.3 is 15.8 Å². The fourth-order valence-electron chi connectivity index (χ4n) is 2.82. The van der Waals surface area contributed by atoms with Gasteiger partial charge in [-0.3, -0.25) is 0 Å². The highest BCUT2D eigenvalue weighted by Crippen LogP contribution is 2.26. The Morgan fingerprint density at radius 1 is 1.20 bits per heavy atom. The van der Waals surface area contributed by atoms with Gasteiger partial charge in [-0.1, -0.05) is 45.4 Å². The molecule has 1 heterocycles. The number of nitrogens with two attached hydrogens (primary N) is 1. The van der Waals surface area contributed by atoms with Crippen LogP contribution in [0.3, 0.4) is 0 Å². The Morgan fingerprint density at radius 3 is 2.52 bits per heavy atom. The number of para-hydroxylation sites is 2. The second kappa shape index (κ2) is 9.06. The van der Waals surface area contributed by atoms with Gasteiger partial charge >= 0.3 is 0 Å². The molecule has 1 atom stereocenters. The van der Waals surface area contributed by atoms with Crippen LogP contribution in [0.25, 0.3) is 11.0 Å². The molecule has 25 heavy (non-hydrogen) atoms. The highest BCUT2D eigenvalue weighted by atomic mass is 16.5. The van der Waals surface area contributed by atoms with Crippen molar-refractivity contribution >= 4 is 22.7 Å². The second-order valence-electron chi connectivity index (χ2n) is 5.71. The van der Waals surface area contributed by atoms with E-state index in [0.29, 0.717) is 11.6 Å². The number of nitrogen functional groups attached to an aromatic ring is 1. The van der Waals surface area contributed by atoms with E-state index in [2.05, 4.69) is 34.4 Å². The number of allylic oxidation sites excluding steroid dienone is 2. The van der Waals surface area contributed by atoms with Crippen molar-refractivity contribution in [3.63, 3.8) is 0 Å². The van der Waals surface area contributed by atoms with Gasteiger partial charge in [-0.05, 0) is 30.2 Å². The van der Waals surface area contributed by atoms with Crippen LogP contribution in [0.1, 0.15) is 40.0 Å². The van der Waals surface area contributed by atoms with E-state index in [0.717, 1.165) is 36.1 Å². The number of rotatable bonds is 5. The molecule has 1 aliphatic rings. The van der Waals surface area contributed by atoms with Crippen LogP contribution in [0, 0.1) is 0 Å². The molecule has 134 valence electrons. The fourth-order valence-corrected chi connectivity index (χ4v) is 2.82. The van der Waals surface area contributed by atoms with Gasteiger partial charge in [0, 0.05) is 6.42 Å². The molecule has 0 spiro atoms. The number of hydrogen-bond donors (Lipinski definition) is 2. The van der Waals surface area contributed by atoms with Crippen LogP contribution >= 0.6 is 0 Å². The lowest BCUT2D eigenvalue weighted by Crippen LogP contribution is -2.23. The predicted molar refractivity (Wildman–Crippen MR) is 105 cm³/mol. The van der Waals surface area contributed by atoms with Crippen LogP contribution in [-0.2, 0) is 4.74 Å². The molecule has 0 bridgehead atoms. The Bertz CT molecular complexity index is 767. The van der Waals surface area contributed by atoms with Crippen molar-refractivity contribution in [3.05, 3.63) is 47.7 Å². The molecule has 0 saturated heterocycles. The van der Waals surface area contributed by atoms with Crippen molar-refractivity contribution in [2.75, 3.05) is 18.2 Å². The van der Waals surface area contributed by atoms with Crippen molar-refractivity contribution in [1.82, 2.24) is 9.97 Å².